The van der Waals surface area contributed by atoms with Gasteiger partial charge >= 0.3 is 12.0 Å². The van der Waals surface area contributed by atoms with Crippen LogP contribution in [0.1, 0.15) is 24.3 Å². The van der Waals surface area contributed by atoms with Crippen molar-refractivity contribution in [3.8, 4) is 6.01 Å². The lowest BCUT2D eigenvalue weighted by Gasteiger charge is -2.05. The molecule has 14 heavy (non-hydrogen) atoms. The zero-order valence-corrected chi connectivity index (χ0v) is 8.06. The molecule has 75 valence electrons. The van der Waals surface area contributed by atoms with Crippen LogP contribution in [-0.4, -0.2) is 22.5 Å². The summed E-state index contributed by atoms with van der Waals surface area (Å²) in [6, 6.07) is 0.674. The minimum atomic E-state index is -0.677. The molecule has 0 aliphatic rings. The van der Waals surface area contributed by atoms with Gasteiger partial charge < -0.3 is 4.74 Å². The predicted molar refractivity (Wildman–Crippen MR) is 47.3 cm³/mol. The van der Waals surface area contributed by atoms with E-state index in [-0.39, 0.29) is 11.6 Å². The molecule has 0 spiro atoms. The highest BCUT2D eigenvalue weighted by Gasteiger charge is 2.10. The monoisotopic (exact) mass is 195 g/mol. The molecule has 5 heteroatoms. The summed E-state index contributed by atoms with van der Waals surface area (Å²) in [5.41, 5.74) is 0.00523. The van der Waals surface area contributed by atoms with E-state index in [2.05, 4.69) is 9.97 Å². The number of ether oxygens (including phenoxy) is 1. The summed E-state index contributed by atoms with van der Waals surface area (Å²) >= 11 is 0. The van der Waals surface area contributed by atoms with Crippen molar-refractivity contribution in [3.05, 3.63) is 18.0 Å². The highest BCUT2D eigenvalue weighted by molar-refractivity contribution is 5.87. The van der Waals surface area contributed by atoms with E-state index in [0.29, 0.717) is 6.61 Å². The molecule has 0 saturated heterocycles. The Hall–Kier alpha value is -1.65. The van der Waals surface area contributed by atoms with Crippen LogP contribution in [0, 0.1) is 5.92 Å². The first-order valence-electron chi connectivity index (χ1n) is 4.27. The third-order valence-electron chi connectivity index (χ3n) is 1.39. The van der Waals surface area contributed by atoms with Gasteiger partial charge in [0, 0.05) is 6.20 Å². The van der Waals surface area contributed by atoms with Crippen LogP contribution in [0.4, 0.5) is 0 Å². The molecule has 5 nitrogen and oxygen atoms in total. The molecule has 0 N–H and O–H groups in total. The standard InChI is InChI=1S/C9H11N2O3/c1-6(2)5-14-8(12)7-3-4-10-9(13)11-7/h3-4,6H,5H2,1-2H3. The first-order chi connectivity index (χ1) is 6.59. The molecule has 0 bridgehead atoms. The van der Waals surface area contributed by atoms with Crippen molar-refractivity contribution < 1.29 is 14.6 Å². The van der Waals surface area contributed by atoms with Crippen LogP contribution >= 0.6 is 0 Å². The molecule has 0 amide bonds. The number of hydrogen-bond donors (Lipinski definition) is 0. The highest BCUT2D eigenvalue weighted by atomic mass is 16.5. The summed E-state index contributed by atoms with van der Waals surface area (Å²) in [7, 11) is 0. The maximum absolute atomic E-state index is 11.2. The second kappa shape index (κ2) is 4.55. The second-order valence-corrected chi connectivity index (χ2v) is 3.22. The quantitative estimate of drug-likeness (QED) is 0.684. The fourth-order valence-electron chi connectivity index (χ4n) is 0.771. The molecular formula is C9H11N2O3. The number of rotatable bonds is 3. The average molecular weight is 195 g/mol. The number of nitrogens with zero attached hydrogens (tertiary/aromatic N) is 2. The van der Waals surface area contributed by atoms with E-state index in [1.54, 1.807) is 0 Å². The molecule has 0 aromatic carbocycles. The lowest BCUT2D eigenvalue weighted by molar-refractivity contribution is 0.0450. The Morgan fingerprint density at radius 3 is 2.86 bits per heavy atom. The van der Waals surface area contributed by atoms with Crippen LogP contribution < -0.4 is 0 Å². The molecule has 0 saturated carbocycles. The Morgan fingerprint density at radius 2 is 2.29 bits per heavy atom. The summed E-state index contributed by atoms with van der Waals surface area (Å²) in [6.07, 6.45) is 1.24. The van der Waals surface area contributed by atoms with Crippen molar-refractivity contribution in [2.24, 2.45) is 5.92 Å². The summed E-state index contributed by atoms with van der Waals surface area (Å²) < 4.78 is 4.88. The van der Waals surface area contributed by atoms with Crippen LogP contribution in [0.5, 0.6) is 6.01 Å². The van der Waals surface area contributed by atoms with Gasteiger partial charge in [-0.3, -0.25) is 0 Å². The van der Waals surface area contributed by atoms with E-state index in [1.807, 2.05) is 13.8 Å². The van der Waals surface area contributed by atoms with Gasteiger partial charge in [0.2, 0.25) is 0 Å². The van der Waals surface area contributed by atoms with Gasteiger partial charge in [0.25, 0.3) is 0 Å². The molecule has 0 atom stereocenters. The molecule has 0 unspecified atom stereocenters. The summed E-state index contributed by atoms with van der Waals surface area (Å²) in [6.45, 7) is 4.16. The van der Waals surface area contributed by atoms with Crippen LogP contribution in [0.25, 0.3) is 0 Å². The van der Waals surface area contributed by atoms with Crippen LogP contribution in [0.2, 0.25) is 0 Å². The average Bonchev–Trinajstić information content (AvgIpc) is 2.14. The highest BCUT2D eigenvalue weighted by Crippen LogP contribution is 2.04. The molecule has 1 radical (unpaired) electrons. The fourth-order valence-corrected chi connectivity index (χ4v) is 0.771. The first kappa shape index (κ1) is 10.4. The normalized spacial score (nSPS) is 10.2. The molecule has 0 aliphatic carbocycles. The minimum Gasteiger partial charge on any atom is -0.461 e. The lowest BCUT2D eigenvalue weighted by Crippen LogP contribution is -2.11. The Balaban J connectivity index is 2.61. The zero-order valence-electron chi connectivity index (χ0n) is 8.06. The molecule has 1 rings (SSSR count). The van der Waals surface area contributed by atoms with Gasteiger partial charge in [0.15, 0.2) is 5.69 Å². The maximum Gasteiger partial charge on any atom is 0.367 e. The third-order valence-corrected chi connectivity index (χ3v) is 1.39. The van der Waals surface area contributed by atoms with Gasteiger partial charge in [-0.15, -0.1) is 0 Å². The van der Waals surface area contributed by atoms with Crippen molar-refractivity contribution in [1.29, 1.82) is 0 Å². The number of aromatic nitrogens is 2. The molecule has 1 aromatic heterocycles. The number of esters is 1. The third kappa shape index (κ3) is 3.01. The summed E-state index contributed by atoms with van der Waals surface area (Å²) in [4.78, 5) is 18.0. The predicted octanol–water partition coefficient (Wildman–Crippen LogP) is 1.43. The Morgan fingerprint density at radius 1 is 1.57 bits per heavy atom. The van der Waals surface area contributed by atoms with E-state index < -0.39 is 12.0 Å². The van der Waals surface area contributed by atoms with E-state index in [1.165, 1.54) is 12.3 Å². The van der Waals surface area contributed by atoms with Gasteiger partial charge in [-0.2, -0.15) is 4.98 Å². The van der Waals surface area contributed by atoms with E-state index >= 15 is 0 Å². The Kier molecular flexibility index (Phi) is 3.39. The van der Waals surface area contributed by atoms with Crippen molar-refractivity contribution in [3.63, 3.8) is 0 Å². The van der Waals surface area contributed by atoms with Crippen LogP contribution in [0.15, 0.2) is 12.3 Å². The topological polar surface area (TPSA) is 72.0 Å². The van der Waals surface area contributed by atoms with Crippen LogP contribution in [-0.2, 0) is 9.84 Å². The SMILES string of the molecule is CC(C)COC(=O)c1ccnc([O])n1. The van der Waals surface area contributed by atoms with Gasteiger partial charge in [-0.05, 0) is 12.0 Å². The largest absolute Gasteiger partial charge is 0.461 e. The van der Waals surface area contributed by atoms with Crippen molar-refractivity contribution >= 4 is 5.97 Å². The van der Waals surface area contributed by atoms with E-state index in [0.717, 1.165) is 0 Å². The smallest absolute Gasteiger partial charge is 0.367 e. The van der Waals surface area contributed by atoms with Crippen LogP contribution in [0.3, 0.4) is 0 Å². The van der Waals surface area contributed by atoms with Gasteiger partial charge in [-0.25, -0.2) is 14.9 Å². The second-order valence-electron chi connectivity index (χ2n) is 3.22. The van der Waals surface area contributed by atoms with Crippen molar-refractivity contribution in [1.82, 2.24) is 9.97 Å². The van der Waals surface area contributed by atoms with Gasteiger partial charge in [0.1, 0.15) is 0 Å². The van der Waals surface area contributed by atoms with Crippen molar-refractivity contribution in [2.45, 2.75) is 13.8 Å². The molecule has 1 aromatic rings. The number of hydrogen-bond acceptors (Lipinski definition) is 4. The van der Waals surface area contributed by atoms with Crippen molar-refractivity contribution in [2.75, 3.05) is 6.61 Å². The lowest BCUT2D eigenvalue weighted by atomic mass is 10.2. The van der Waals surface area contributed by atoms with E-state index in [4.69, 9.17) is 4.74 Å². The molecule has 0 aliphatic heterocycles. The first-order valence-corrected chi connectivity index (χ1v) is 4.27. The molecular weight excluding hydrogens is 184 g/mol. The number of carbonyl (C=O) groups is 1. The molecule has 0 fully saturated rings. The van der Waals surface area contributed by atoms with E-state index in [9.17, 15) is 9.90 Å². The van der Waals surface area contributed by atoms with Gasteiger partial charge in [0.05, 0.1) is 6.61 Å². The minimum absolute atomic E-state index is 0.00523. The summed E-state index contributed by atoms with van der Waals surface area (Å²) in [5.74, 6) is -0.328. The maximum atomic E-state index is 11.2. The fraction of sp³-hybridized carbons (Fsp3) is 0.444. The molecule has 1 heterocycles. The van der Waals surface area contributed by atoms with Gasteiger partial charge in [-0.1, -0.05) is 13.8 Å². The number of carbonyl (C=O) groups excluding carboxylic acids is 1. The summed E-state index contributed by atoms with van der Waals surface area (Å²) in [5, 5.41) is 10.7. The zero-order chi connectivity index (χ0) is 10.6. The Labute approximate surface area is 81.8 Å². The Bertz CT molecular complexity index is 326.